The number of aromatic amines is 1. The van der Waals surface area contributed by atoms with Crippen molar-refractivity contribution in [3.63, 3.8) is 0 Å². The second kappa shape index (κ2) is 10.5. The van der Waals surface area contributed by atoms with Gasteiger partial charge in [-0.3, -0.25) is 14.6 Å². The number of phenolic OH excluding ortho intramolecular Hbond substituents is 1. The topological polar surface area (TPSA) is 121 Å². The van der Waals surface area contributed by atoms with E-state index < -0.39 is 6.04 Å². The van der Waals surface area contributed by atoms with Crippen molar-refractivity contribution in [1.82, 2.24) is 15.3 Å². The van der Waals surface area contributed by atoms with E-state index >= 15 is 0 Å². The minimum atomic E-state index is -0.675. The second-order valence-corrected chi connectivity index (χ2v) is 7.61. The lowest BCUT2D eigenvalue weighted by molar-refractivity contribution is -0.122. The second-order valence-electron chi connectivity index (χ2n) is 7.61. The summed E-state index contributed by atoms with van der Waals surface area (Å²) in [6.07, 6.45) is 2.07. The number of aryl methyl sites for hydroxylation is 2. The normalized spacial score (nSPS) is 11.8. The van der Waals surface area contributed by atoms with Crippen molar-refractivity contribution >= 4 is 5.91 Å². The molecule has 162 valence electrons. The number of rotatable bonds is 9. The van der Waals surface area contributed by atoms with Crippen molar-refractivity contribution in [2.24, 2.45) is 5.73 Å². The Bertz CT molecular complexity index is 1060. The van der Waals surface area contributed by atoms with Gasteiger partial charge in [0, 0.05) is 18.7 Å². The van der Waals surface area contributed by atoms with Crippen molar-refractivity contribution in [3.8, 4) is 5.75 Å². The lowest BCUT2D eigenvalue weighted by atomic mass is 10.1. The molecule has 5 N–H and O–H groups in total. The molecule has 3 aromatic rings. The van der Waals surface area contributed by atoms with E-state index in [1.807, 2.05) is 37.3 Å². The molecule has 1 atom stereocenters. The number of aromatic nitrogens is 2. The number of H-pyrrole nitrogens is 1. The number of benzene rings is 2. The van der Waals surface area contributed by atoms with Crippen molar-refractivity contribution in [3.05, 3.63) is 93.2 Å². The molecule has 0 bridgehead atoms. The summed E-state index contributed by atoms with van der Waals surface area (Å²) in [6, 6.07) is 15.9. The van der Waals surface area contributed by atoms with Gasteiger partial charge in [0.1, 0.15) is 11.4 Å². The number of nitrogens with two attached hydrogens (primary N) is 1. The Morgan fingerprint density at radius 2 is 1.84 bits per heavy atom. The van der Waals surface area contributed by atoms with Gasteiger partial charge in [0.15, 0.2) is 0 Å². The fourth-order valence-corrected chi connectivity index (χ4v) is 3.34. The summed E-state index contributed by atoms with van der Waals surface area (Å²) in [7, 11) is 0. The number of nitrogens with one attached hydrogen (secondary N) is 2. The molecular weight excluding hydrogens is 392 g/mol. The van der Waals surface area contributed by atoms with Crippen molar-refractivity contribution in [1.29, 1.82) is 0 Å². The Balaban J connectivity index is 1.47. The number of hydrogen-bond donors (Lipinski definition) is 4. The molecule has 0 saturated heterocycles. The first kappa shape index (κ1) is 22.2. The van der Waals surface area contributed by atoms with Gasteiger partial charge in [-0.25, -0.2) is 0 Å². The zero-order valence-electron chi connectivity index (χ0n) is 17.6. The van der Waals surface area contributed by atoms with Crippen LogP contribution in [0.1, 0.15) is 34.6 Å². The van der Waals surface area contributed by atoms with E-state index in [1.165, 1.54) is 0 Å². The first-order chi connectivity index (χ1) is 14.9. The van der Waals surface area contributed by atoms with Crippen LogP contribution >= 0.6 is 0 Å². The number of amides is 1. The third-order valence-corrected chi connectivity index (χ3v) is 5.11. The van der Waals surface area contributed by atoms with Gasteiger partial charge in [0.25, 0.3) is 5.56 Å². The largest absolute Gasteiger partial charge is 0.508 e. The van der Waals surface area contributed by atoms with E-state index in [2.05, 4.69) is 15.3 Å². The summed E-state index contributed by atoms with van der Waals surface area (Å²) >= 11 is 0. The fourth-order valence-electron chi connectivity index (χ4n) is 3.34. The quantitative estimate of drug-likeness (QED) is 0.395. The van der Waals surface area contributed by atoms with Gasteiger partial charge in [-0.1, -0.05) is 42.5 Å². The van der Waals surface area contributed by atoms with Gasteiger partial charge in [-0.05, 0) is 49.4 Å². The van der Waals surface area contributed by atoms with E-state index in [9.17, 15) is 14.7 Å². The van der Waals surface area contributed by atoms with Crippen LogP contribution in [-0.4, -0.2) is 33.6 Å². The van der Waals surface area contributed by atoms with Crippen molar-refractivity contribution < 1.29 is 9.90 Å². The number of aromatic hydroxyl groups is 1. The minimum absolute atomic E-state index is 0.175. The number of phenols is 1. The lowest BCUT2D eigenvalue weighted by Crippen LogP contribution is -2.42. The first-order valence-corrected chi connectivity index (χ1v) is 10.4. The fraction of sp³-hybridized carbons (Fsp3) is 0.292. The smallest absolute Gasteiger partial charge is 0.269 e. The molecule has 1 amide bonds. The zero-order valence-corrected chi connectivity index (χ0v) is 17.6. The van der Waals surface area contributed by atoms with Crippen LogP contribution in [0.5, 0.6) is 5.75 Å². The highest BCUT2D eigenvalue weighted by molar-refractivity contribution is 5.81. The molecule has 2 aromatic carbocycles. The number of carbonyl (C=O) groups excluding carboxylic acids is 1. The maximum Gasteiger partial charge on any atom is 0.269 e. The molecule has 0 fully saturated rings. The standard InChI is InChI=1S/C24H28N4O3/c1-16-22(15-17-6-3-2-4-7-17)28-24(31)21(27-16)8-5-13-26-23(30)20(25)14-18-9-11-19(29)12-10-18/h2-4,6-7,9-12,20,29H,5,8,13-15,25H2,1H3,(H,26,30)(H,28,31)/t20-/m0/s1. The summed E-state index contributed by atoms with van der Waals surface area (Å²) in [4.78, 5) is 32.0. The van der Waals surface area contributed by atoms with E-state index in [-0.39, 0.29) is 17.2 Å². The summed E-state index contributed by atoms with van der Waals surface area (Å²) < 4.78 is 0. The predicted molar refractivity (Wildman–Crippen MR) is 120 cm³/mol. The van der Waals surface area contributed by atoms with Crippen molar-refractivity contribution in [2.45, 2.75) is 38.6 Å². The third-order valence-electron chi connectivity index (χ3n) is 5.11. The molecule has 3 rings (SSSR count). The monoisotopic (exact) mass is 420 g/mol. The SMILES string of the molecule is Cc1nc(CCCNC(=O)[C@@H](N)Cc2ccc(O)cc2)c(=O)[nH]c1Cc1ccccc1. The zero-order chi connectivity index (χ0) is 22.2. The van der Waals surface area contributed by atoms with Crippen LogP contribution in [0.15, 0.2) is 59.4 Å². The van der Waals surface area contributed by atoms with Crippen LogP contribution in [-0.2, 0) is 24.1 Å². The predicted octanol–water partition coefficient (Wildman–Crippen LogP) is 1.99. The molecule has 0 saturated carbocycles. The molecule has 1 aromatic heterocycles. The molecule has 0 aliphatic carbocycles. The summed E-state index contributed by atoms with van der Waals surface area (Å²) in [5.41, 5.74) is 9.85. The minimum Gasteiger partial charge on any atom is -0.508 e. The molecule has 0 radical (unpaired) electrons. The summed E-state index contributed by atoms with van der Waals surface area (Å²) in [5.74, 6) is -0.0713. The molecule has 0 unspecified atom stereocenters. The average molecular weight is 421 g/mol. The average Bonchev–Trinajstić information content (AvgIpc) is 2.76. The highest BCUT2D eigenvalue weighted by atomic mass is 16.3. The Morgan fingerprint density at radius 3 is 2.55 bits per heavy atom. The van der Waals surface area contributed by atoms with Crippen LogP contribution in [0.4, 0.5) is 0 Å². The number of carbonyl (C=O) groups is 1. The molecule has 1 heterocycles. The molecule has 7 heteroatoms. The highest BCUT2D eigenvalue weighted by Crippen LogP contribution is 2.11. The molecular formula is C24H28N4O3. The van der Waals surface area contributed by atoms with E-state index in [1.54, 1.807) is 24.3 Å². The van der Waals surface area contributed by atoms with Crippen LogP contribution in [0, 0.1) is 6.92 Å². The molecule has 0 spiro atoms. The third kappa shape index (κ3) is 6.52. The Morgan fingerprint density at radius 1 is 1.13 bits per heavy atom. The summed E-state index contributed by atoms with van der Waals surface area (Å²) in [6.45, 7) is 2.30. The van der Waals surface area contributed by atoms with Crippen LogP contribution in [0.3, 0.4) is 0 Å². The molecule has 0 aliphatic rings. The maximum atomic E-state index is 12.4. The van der Waals surface area contributed by atoms with Gasteiger partial charge in [-0.2, -0.15) is 0 Å². The number of hydrogen-bond acceptors (Lipinski definition) is 5. The first-order valence-electron chi connectivity index (χ1n) is 10.4. The Hall–Kier alpha value is -3.45. The molecule has 0 aliphatic heterocycles. The Kier molecular flexibility index (Phi) is 7.56. The maximum absolute atomic E-state index is 12.4. The van der Waals surface area contributed by atoms with Gasteiger partial charge in [-0.15, -0.1) is 0 Å². The van der Waals surface area contributed by atoms with E-state index in [0.29, 0.717) is 37.9 Å². The van der Waals surface area contributed by atoms with Gasteiger partial charge in [0.2, 0.25) is 5.91 Å². The van der Waals surface area contributed by atoms with Crippen LogP contribution in [0.2, 0.25) is 0 Å². The molecule has 7 nitrogen and oxygen atoms in total. The number of nitrogens with zero attached hydrogens (tertiary/aromatic N) is 1. The Labute approximate surface area is 181 Å². The van der Waals surface area contributed by atoms with Gasteiger partial charge >= 0.3 is 0 Å². The van der Waals surface area contributed by atoms with Crippen molar-refractivity contribution in [2.75, 3.05) is 6.54 Å². The van der Waals surface area contributed by atoms with Gasteiger partial charge < -0.3 is 21.1 Å². The lowest BCUT2D eigenvalue weighted by Gasteiger charge is -2.12. The van der Waals surface area contributed by atoms with Crippen LogP contribution in [0.25, 0.3) is 0 Å². The summed E-state index contributed by atoms with van der Waals surface area (Å²) in [5, 5.41) is 12.1. The highest BCUT2D eigenvalue weighted by Gasteiger charge is 2.14. The van der Waals surface area contributed by atoms with Gasteiger partial charge in [0.05, 0.1) is 11.7 Å². The van der Waals surface area contributed by atoms with Crippen LogP contribution < -0.4 is 16.6 Å². The molecule has 31 heavy (non-hydrogen) atoms. The van der Waals surface area contributed by atoms with E-state index in [4.69, 9.17) is 5.73 Å². The van der Waals surface area contributed by atoms with E-state index in [0.717, 1.165) is 22.5 Å².